The number of nitrogens with zero attached hydrogens (tertiary/aromatic N) is 1. The summed E-state index contributed by atoms with van der Waals surface area (Å²) in [6, 6.07) is 19.9. The third-order valence-corrected chi connectivity index (χ3v) is 5.10. The Morgan fingerprint density at radius 2 is 1.61 bits per heavy atom. The standard InChI is InChI=1S/C25H20FNO4/c1-2-31-20-14-12-19(13-15-20)27-22(16-8-10-18(26)11-9-16)21(24(29)25(27)30)23(28)17-6-4-3-5-7-17/h3-15,22,28H,2H2,1H3/b23-21+/t22-/m0/s1. The highest BCUT2D eigenvalue weighted by Gasteiger charge is 2.46. The average Bonchev–Trinajstić information content (AvgIpc) is 3.06. The fourth-order valence-electron chi connectivity index (χ4n) is 3.68. The second-order valence-corrected chi connectivity index (χ2v) is 7.01. The van der Waals surface area contributed by atoms with Crippen LogP contribution in [0.15, 0.2) is 84.4 Å². The van der Waals surface area contributed by atoms with Crippen LogP contribution in [-0.4, -0.2) is 23.4 Å². The van der Waals surface area contributed by atoms with Gasteiger partial charge in [-0.25, -0.2) is 4.39 Å². The molecular weight excluding hydrogens is 397 g/mol. The van der Waals surface area contributed by atoms with Crippen LogP contribution >= 0.6 is 0 Å². The number of amides is 1. The Balaban J connectivity index is 1.88. The Hall–Kier alpha value is -3.93. The Bertz CT molecular complexity index is 1140. The molecule has 1 N–H and O–H groups in total. The van der Waals surface area contributed by atoms with Gasteiger partial charge in [-0.1, -0.05) is 42.5 Å². The minimum absolute atomic E-state index is 0.0447. The van der Waals surface area contributed by atoms with Gasteiger partial charge in [0.25, 0.3) is 11.7 Å². The van der Waals surface area contributed by atoms with Gasteiger partial charge in [0.15, 0.2) is 0 Å². The average molecular weight is 417 g/mol. The van der Waals surface area contributed by atoms with Crippen molar-refractivity contribution in [3.63, 3.8) is 0 Å². The van der Waals surface area contributed by atoms with Crippen molar-refractivity contribution in [2.24, 2.45) is 0 Å². The smallest absolute Gasteiger partial charge is 0.300 e. The summed E-state index contributed by atoms with van der Waals surface area (Å²) in [5.74, 6) is -1.66. The van der Waals surface area contributed by atoms with E-state index in [4.69, 9.17) is 4.74 Å². The van der Waals surface area contributed by atoms with Gasteiger partial charge in [0, 0.05) is 11.3 Å². The van der Waals surface area contributed by atoms with Crippen LogP contribution in [0.2, 0.25) is 0 Å². The number of halogens is 1. The van der Waals surface area contributed by atoms with E-state index in [9.17, 15) is 19.1 Å². The van der Waals surface area contributed by atoms with Gasteiger partial charge in [-0.3, -0.25) is 14.5 Å². The van der Waals surface area contributed by atoms with Crippen LogP contribution in [-0.2, 0) is 9.59 Å². The molecule has 0 unspecified atom stereocenters. The van der Waals surface area contributed by atoms with Crippen molar-refractivity contribution < 1.29 is 23.8 Å². The fourth-order valence-corrected chi connectivity index (χ4v) is 3.68. The molecule has 156 valence electrons. The quantitative estimate of drug-likeness (QED) is 0.366. The van der Waals surface area contributed by atoms with Gasteiger partial charge >= 0.3 is 0 Å². The van der Waals surface area contributed by atoms with Crippen molar-refractivity contribution in [1.82, 2.24) is 0 Å². The van der Waals surface area contributed by atoms with Crippen LogP contribution < -0.4 is 9.64 Å². The number of carbonyl (C=O) groups excluding carboxylic acids is 2. The van der Waals surface area contributed by atoms with Gasteiger partial charge in [-0.15, -0.1) is 0 Å². The first kappa shape index (κ1) is 20.3. The molecule has 1 aliphatic heterocycles. The summed E-state index contributed by atoms with van der Waals surface area (Å²) in [6.45, 7) is 2.36. The molecule has 3 aromatic carbocycles. The molecule has 0 spiro atoms. The Morgan fingerprint density at radius 3 is 2.23 bits per heavy atom. The van der Waals surface area contributed by atoms with Crippen LogP contribution in [0.1, 0.15) is 24.1 Å². The van der Waals surface area contributed by atoms with E-state index in [0.29, 0.717) is 29.2 Å². The molecule has 1 atom stereocenters. The Morgan fingerprint density at radius 1 is 0.968 bits per heavy atom. The maximum atomic E-state index is 13.6. The first-order chi connectivity index (χ1) is 15.0. The molecule has 0 saturated carbocycles. The number of rotatable bonds is 5. The fraction of sp³-hybridized carbons (Fsp3) is 0.120. The Kier molecular flexibility index (Phi) is 5.54. The number of anilines is 1. The van der Waals surface area contributed by atoms with E-state index in [1.165, 1.54) is 29.2 Å². The monoisotopic (exact) mass is 417 g/mol. The number of ketones is 1. The van der Waals surface area contributed by atoms with Crippen molar-refractivity contribution in [3.8, 4) is 5.75 Å². The second-order valence-electron chi connectivity index (χ2n) is 7.01. The third kappa shape index (κ3) is 3.80. The molecule has 1 aliphatic rings. The zero-order valence-electron chi connectivity index (χ0n) is 16.8. The molecule has 1 saturated heterocycles. The summed E-state index contributed by atoms with van der Waals surface area (Å²) in [5, 5.41) is 11.0. The molecule has 0 aliphatic carbocycles. The number of aliphatic hydroxyl groups is 1. The van der Waals surface area contributed by atoms with Gasteiger partial charge in [0.05, 0.1) is 18.2 Å². The third-order valence-electron chi connectivity index (χ3n) is 5.10. The van der Waals surface area contributed by atoms with Crippen LogP contribution in [0.3, 0.4) is 0 Å². The van der Waals surface area contributed by atoms with Gasteiger partial charge in [0.2, 0.25) is 0 Å². The van der Waals surface area contributed by atoms with Crippen molar-refractivity contribution in [1.29, 1.82) is 0 Å². The molecule has 1 amide bonds. The molecule has 0 radical (unpaired) electrons. The number of benzene rings is 3. The Labute approximate surface area is 179 Å². The predicted molar refractivity (Wildman–Crippen MR) is 115 cm³/mol. The predicted octanol–water partition coefficient (Wildman–Crippen LogP) is 4.85. The maximum Gasteiger partial charge on any atom is 0.300 e. The van der Waals surface area contributed by atoms with Crippen LogP contribution in [0.25, 0.3) is 5.76 Å². The SMILES string of the molecule is CCOc1ccc(N2C(=O)C(=O)/C(=C(/O)c3ccccc3)[C@@H]2c2ccc(F)cc2)cc1. The summed E-state index contributed by atoms with van der Waals surface area (Å²) in [6.07, 6.45) is 0. The molecule has 4 rings (SSSR count). The van der Waals surface area contributed by atoms with Crippen molar-refractivity contribution in [3.05, 3.63) is 101 Å². The summed E-state index contributed by atoms with van der Waals surface area (Å²) >= 11 is 0. The molecule has 31 heavy (non-hydrogen) atoms. The zero-order valence-corrected chi connectivity index (χ0v) is 16.8. The molecule has 3 aromatic rings. The van der Waals surface area contributed by atoms with Gasteiger partial charge in [-0.05, 0) is 48.9 Å². The summed E-state index contributed by atoms with van der Waals surface area (Å²) in [4.78, 5) is 27.4. The molecule has 6 heteroatoms. The van der Waals surface area contributed by atoms with Crippen molar-refractivity contribution >= 4 is 23.1 Å². The topological polar surface area (TPSA) is 66.8 Å². The molecule has 1 heterocycles. The van der Waals surface area contributed by atoms with E-state index in [0.717, 1.165) is 0 Å². The number of hydrogen-bond acceptors (Lipinski definition) is 4. The minimum atomic E-state index is -0.904. The van der Waals surface area contributed by atoms with E-state index in [2.05, 4.69) is 0 Å². The largest absolute Gasteiger partial charge is 0.507 e. The van der Waals surface area contributed by atoms with E-state index in [-0.39, 0.29) is 11.3 Å². The molecule has 5 nitrogen and oxygen atoms in total. The number of ether oxygens (including phenoxy) is 1. The van der Waals surface area contributed by atoms with Gasteiger partial charge in [0.1, 0.15) is 17.3 Å². The van der Waals surface area contributed by atoms with Crippen molar-refractivity contribution in [2.75, 3.05) is 11.5 Å². The van der Waals surface area contributed by atoms with E-state index in [1.54, 1.807) is 54.6 Å². The lowest BCUT2D eigenvalue weighted by atomic mass is 9.95. The van der Waals surface area contributed by atoms with E-state index < -0.39 is 23.5 Å². The van der Waals surface area contributed by atoms with Crippen LogP contribution in [0, 0.1) is 5.82 Å². The first-order valence-electron chi connectivity index (χ1n) is 9.86. The second kappa shape index (κ2) is 8.44. The molecule has 0 aromatic heterocycles. The lowest BCUT2D eigenvalue weighted by Gasteiger charge is -2.25. The van der Waals surface area contributed by atoms with Crippen molar-refractivity contribution in [2.45, 2.75) is 13.0 Å². The lowest BCUT2D eigenvalue weighted by Crippen LogP contribution is -2.29. The molecule has 1 fully saturated rings. The highest BCUT2D eigenvalue weighted by atomic mass is 19.1. The number of aliphatic hydroxyl groups excluding tert-OH is 1. The molecular formula is C25H20FNO4. The molecule has 0 bridgehead atoms. The summed E-state index contributed by atoms with van der Waals surface area (Å²) < 4.78 is 19.0. The zero-order chi connectivity index (χ0) is 22.0. The van der Waals surface area contributed by atoms with Gasteiger partial charge < -0.3 is 9.84 Å². The minimum Gasteiger partial charge on any atom is -0.507 e. The number of carbonyl (C=O) groups is 2. The number of hydrogen-bond donors (Lipinski definition) is 1. The van der Waals surface area contributed by atoms with Gasteiger partial charge in [-0.2, -0.15) is 0 Å². The highest BCUT2D eigenvalue weighted by Crippen LogP contribution is 2.42. The normalized spacial score (nSPS) is 17.7. The maximum absolute atomic E-state index is 13.6. The van der Waals surface area contributed by atoms with Crippen LogP contribution in [0.4, 0.5) is 10.1 Å². The summed E-state index contributed by atoms with van der Waals surface area (Å²) in [5.41, 5.74) is 1.34. The summed E-state index contributed by atoms with van der Waals surface area (Å²) in [7, 11) is 0. The first-order valence-corrected chi connectivity index (χ1v) is 9.86. The van der Waals surface area contributed by atoms with E-state index >= 15 is 0 Å². The highest BCUT2D eigenvalue weighted by molar-refractivity contribution is 6.51. The lowest BCUT2D eigenvalue weighted by molar-refractivity contribution is -0.132. The van der Waals surface area contributed by atoms with E-state index in [1.807, 2.05) is 6.92 Å². The van der Waals surface area contributed by atoms with Crippen LogP contribution in [0.5, 0.6) is 5.75 Å². The number of Topliss-reactive ketones (excluding diaryl/α,β-unsaturated/α-hetero) is 1.